The van der Waals surface area contributed by atoms with Gasteiger partial charge in [-0.25, -0.2) is 0 Å². The van der Waals surface area contributed by atoms with Crippen molar-refractivity contribution in [2.75, 3.05) is 19.8 Å². The molecule has 0 unspecified atom stereocenters. The second-order valence-electron chi connectivity index (χ2n) is 10.3. The van der Waals surface area contributed by atoms with Gasteiger partial charge in [0.1, 0.15) is 12.2 Å². The third-order valence-corrected chi connectivity index (χ3v) is 15.0. The zero-order chi connectivity index (χ0) is 21.7. The van der Waals surface area contributed by atoms with E-state index < -0.39 is 34.9 Å². The Labute approximate surface area is 169 Å². The maximum atomic E-state index is 10.3. The molecule has 0 amide bonds. The molecule has 7 heteroatoms. The summed E-state index contributed by atoms with van der Waals surface area (Å²) < 4.78 is 18.4. The van der Waals surface area contributed by atoms with Crippen molar-refractivity contribution in [1.29, 1.82) is 0 Å². The zero-order valence-corrected chi connectivity index (χ0v) is 21.3. The molecule has 5 nitrogen and oxygen atoms in total. The normalized spacial score (nSPS) is 17.5. The molecule has 162 valence electrons. The summed E-state index contributed by atoms with van der Waals surface area (Å²) in [4.78, 5) is 0. The van der Waals surface area contributed by atoms with Gasteiger partial charge < -0.3 is 23.8 Å². The van der Waals surface area contributed by atoms with Crippen LogP contribution in [0.15, 0.2) is 12.7 Å². The smallest absolute Gasteiger partial charge is 0.193 e. The predicted octanol–water partition coefficient (Wildman–Crippen LogP) is 4.32. The van der Waals surface area contributed by atoms with Crippen LogP contribution in [-0.4, -0.2) is 65.0 Å². The maximum absolute atomic E-state index is 10.3. The molecule has 27 heavy (non-hydrogen) atoms. The van der Waals surface area contributed by atoms with Gasteiger partial charge in [-0.1, -0.05) is 47.6 Å². The topological polar surface area (TPSA) is 68.2 Å². The summed E-state index contributed by atoms with van der Waals surface area (Å²) in [7, 11) is -3.93. The Kier molecular flexibility index (Phi) is 10.1. The minimum absolute atomic E-state index is 0.0222. The van der Waals surface area contributed by atoms with Crippen molar-refractivity contribution in [2.24, 2.45) is 0 Å². The zero-order valence-electron chi connectivity index (χ0n) is 19.3. The van der Waals surface area contributed by atoms with E-state index in [0.717, 1.165) is 0 Å². The molecule has 2 N–H and O–H groups in total. The van der Waals surface area contributed by atoms with Gasteiger partial charge in [0.15, 0.2) is 16.6 Å². The molecule has 0 saturated carbocycles. The molecule has 0 heterocycles. The van der Waals surface area contributed by atoms with Crippen LogP contribution in [0.4, 0.5) is 0 Å². The Morgan fingerprint density at radius 2 is 1.41 bits per heavy atom. The lowest BCUT2D eigenvalue weighted by Gasteiger charge is -2.41. The van der Waals surface area contributed by atoms with Crippen LogP contribution < -0.4 is 0 Å². The van der Waals surface area contributed by atoms with E-state index in [1.165, 1.54) is 0 Å². The molecule has 0 aliphatic heterocycles. The third-order valence-electron chi connectivity index (χ3n) is 6.02. The van der Waals surface area contributed by atoms with E-state index in [1.807, 2.05) is 0 Å². The van der Waals surface area contributed by atoms with Crippen molar-refractivity contribution >= 4 is 16.6 Å². The molecule has 0 spiro atoms. The van der Waals surface area contributed by atoms with E-state index >= 15 is 0 Å². The summed E-state index contributed by atoms with van der Waals surface area (Å²) in [6.45, 7) is 26.0. The van der Waals surface area contributed by atoms with Gasteiger partial charge in [-0.15, -0.1) is 6.58 Å². The second kappa shape index (κ2) is 10.1. The van der Waals surface area contributed by atoms with E-state index in [-0.39, 0.29) is 16.7 Å². The van der Waals surface area contributed by atoms with Crippen LogP contribution in [0.25, 0.3) is 0 Å². The lowest BCUT2D eigenvalue weighted by molar-refractivity contribution is -0.101. The molecular formula is C20H44O5Si2. The minimum atomic E-state index is -2.08. The second-order valence-corrected chi connectivity index (χ2v) is 19.8. The molecule has 0 rings (SSSR count). The van der Waals surface area contributed by atoms with Crippen molar-refractivity contribution in [2.45, 2.75) is 96.1 Å². The molecule has 0 aromatic carbocycles. The summed E-state index contributed by atoms with van der Waals surface area (Å²) in [5.41, 5.74) is 0. The van der Waals surface area contributed by atoms with Crippen LogP contribution in [0.3, 0.4) is 0 Å². The van der Waals surface area contributed by atoms with Gasteiger partial charge in [-0.2, -0.15) is 0 Å². The van der Waals surface area contributed by atoms with Gasteiger partial charge in [0.25, 0.3) is 0 Å². The van der Waals surface area contributed by atoms with Crippen molar-refractivity contribution in [3.8, 4) is 0 Å². The molecule has 0 bridgehead atoms. The number of hydrogen-bond acceptors (Lipinski definition) is 5. The molecule has 0 radical (unpaired) electrons. The van der Waals surface area contributed by atoms with Crippen molar-refractivity contribution in [3.63, 3.8) is 0 Å². The summed E-state index contributed by atoms with van der Waals surface area (Å²) in [6.07, 6.45) is -0.533. The Morgan fingerprint density at radius 3 is 1.78 bits per heavy atom. The average molecular weight is 421 g/mol. The summed E-state index contributed by atoms with van der Waals surface area (Å²) in [6, 6.07) is 0. The molecule has 0 fully saturated rings. The standard InChI is InChI=1S/C20H44O5Si2/c1-12-17(25-27(10,11)20(5,6)7)18(16(22)15-21)23-13-14-24-26(8,9)19(2,3)4/h12,16-18,21-22H,1,13-15H2,2-11H3/t16-,17-,18+/m1/s1. The first-order valence-electron chi connectivity index (χ1n) is 9.85. The highest BCUT2D eigenvalue weighted by Gasteiger charge is 2.42. The summed E-state index contributed by atoms with van der Waals surface area (Å²) >= 11 is 0. The fourth-order valence-corrected chi connectivity index (χ4v) is 4.28. The van der Waals surface area contributed by atoms with Gasteiger partial charge in [0.2, 0.25) is 0 Å². The van der Waals surface area contributed by atoms with Gasteiger partial charge in [0, 0.05) is 0 Å². The molecule has 0 aromatic rings. The SMILES string of the molecule is C=C[C@@H](O[Si](C)(C)C(C)(C)C)[C@@H](OCCO[Si](C)(C)C(C)(C)C)[C@H](O)CO. The van der Waals surface area contributed by atoms with Gasteiger partial charge in [0.05, 0.1) is 25.9 Å². The molecule has 0 saturated heterocycles. The third kappa shape index (κ3) is 8.08. The highest BCUT2D eigenvalue weighted by molar-refractivity contribution is 6.74. The average Bonchev–Trinajstić information content (AvgIpc) is 2.50. The van der Waals surface area contributed by atoms with Crippen molar-refractivity contribution < 1.29 is 23.8 Å². The highest BCUT2D eigenvalue weighted by atomic mass is 28.4. The van der Waals surface area contributed by atoms with Crippen LogP contribution in [-0.2, 0) is 13.6 Å². The molecular weight excluding hydrogens is 376 g/mol. The molecule has 3 atom stereocenters. The van der Waals surface area contributed by atoms with Gasteiger partial charge in [-0.3, -0.25) is 0 Å². The Hall–Kier alpha value is -0.0262. The van der Waals surface area contributed by atoms with Crippen LogP contribution in [0, 0.1) is 0 Å². The highest BCUT2D eigenvalue weighted by Crippen LogP contribution is 2.38. The fraction of sp³-hybridized carbons (Fsp3) is 0.900. The first-order valence-corrected chi connectivity index (χ1v) is 15.7. The molecule has 0 aromatic heterocycles. The largest absolute Gasteiger partial charge is 0.414 e. The Morgan fingerprint density at radius 1 is 0.926 bits per heavy atom. The monoisotopic (exact) mass is 420 g/mol. The van der Waals surface area contributed by atoms with E-state index in [4.69, 9.17) is 13.6 Å². The van der Waals surface area contributed by atoms with E-state index in [9.17, 15) is 10.2 Å². The van der Waals surface area contributed by atoms with Gasteiger partial charge in [-0.05, 0) is 36.3 Å². The number of aliphatic hydroxyl groups excluding tert-OH is 2. The maximum Gasteiger partial charge on any atom is 0.193 e. The number of hydrogen-bond donors (Lipinski definition) is 2. The van der Waals surface area contributed by atoms with Crippen molar-refractivity contribution in [1.82, 2.24) is 0 Å². The quantitative estimate of drug-likeness (QED) is 0.296. The van der Waals surface area contributed by atoms with Crippen LogP contribution >= 0.6 is 0 Å². The lowest BCUT2D eigenvalue weighted by atomic mass is 10.1. The first-order chi connectivity index (χ1) is 12.0. The summed E-state index contributed by atoms with van der Waals surface area (Å²) in [5, 5.41) is 19.9. The Balaban J connectivity index is 5.04. The van der Waals surface area contributed by atoms with Crippen LogP contribution in [0.5, 0.6) is 0 Å². The number of ether oxygens (including phenoxy) is 1. The fourth-order valence-electron chi connectivity index (χ4n) is 1.99. The first kappa shape index (κ1) is 27.0. The molecule has 0 aliphatic rings. The van der Waals surface area contributed by atoms with Crippen LogP contribution in [0.1, 0.15) is 41.5 Å². The van der Waals surface area contributed by atoms with E-state index in [2.05, 4.69) is 74.3 Å². The van der Waals surface area contributed by atoms with Crippen LogP contribution in [0.2, 0.25) is 36.3 Å². The van der Waals surface area contributed by atoms with Gasteiger partial charge >= 0.3 is 0 Å². The van der Waals surface area contributed by atoms with Crippen molar-refractivity contribution in [3.05, 3.63) is 12.7 Å². The predicted molar refractivity (Wildman–Crippen MR) is 118 cm³/mol. The molecule has 0 aliphatic carbocycles. The van der Waals surface area contributed by atoms with E-state index in [1.54, 1.807) is 6.08 Å². The number of aliphatic hydroxyl groups is 2. The minimum Gasteiger partial charge on any atom is -0.414 e. The number of rotatable bonds is 11. The van der Waals surface area contributed by atoms with E-state index in [0.29, 0.717) is 13.2 Å². The Bertz CT molecular complexity index is 452. The lowest BCUT2D eigenvalue weighted by Crippen LogP contribution is -2.51. The summed E-state index contributed by atoms with van der Waals surface area (Å²) in [5.74, 6) is 0.